The maximum atomic E-state index is 12.6. The average molecular weight is 264 g/mol. The first kappa shape index (κ1) is 13.4. The fraction of sp³-hybridized carbons (Fsp3) is 0.938. The van der Waals surface area contributed by atoms with Crippen LogP contribution in [0.1, 0.15) is 58.8 Å². The monoisotopic (exact) mass is 264 g/mol. The Labute approximate surface area is 117 Å². The number of hydrogen-bond acceptors (Lipinski definition) is 2. The number of amides is 1. The Morgan fingerprint density at radius 1 is 1.32 bits per heavy atom. The molecule has 1 amide bonds. The van der Waals surface area contributed by atoms with Crippen LogP contribution >= 0.6 is 0 Å². The zero-order valence-electron chi connectivity index (χ0n) is 12.4. The number of nitrogens with one attached hydrogen (secondary N) is 1. The van der Waals surface area contributed by atoms with Gasteiger partial charge in [-0.05, 0) is 43.4 Å². The lowest BCUT2D eigenvalue weighted by Gasteiger charge is -2.29. The third-order valence-electron chi connectivity index (χ3n) is 5.42. The van der Waals surface area contributed by atoms with E-state index in [1.54, 1.807) is 0 Å². The average Bonchev–Trinajstić information content (AvgIpc) is 2.83. The molecule has 0 aromatic carbocycles. The fourth-order valence-corrected chi connectivity index (χ4v) is 3.97. The normalized spacial score (nSPS) is 39.3. The largest absolute Gasteiger partial charge is 0.325 e. The van der Waals surface area contributed by atoms with Gasteiger partial charge in [0.25, 0.3) is 0 Å². The molecule has 2 saturated carbocycles. The molecule has 0 radical (unpaired) electrons. The van der Waals surface area contributed by atoms with Gasteiger partial charge in [0.1, 0.15) is 0 Å². The molecule has 108 valence electrons. The van der Waals surface area contributed by atoms with Crippen LogP contribution in [0.5, 0.6) is 0 Å². The smallest absolute Gasteiger partial charge is 0.241 e. The van der Waals surface area contributed by atoms with Crippen LogP contribution < -0.4 is 5.32 Å². The summed E-state index contributed by atoms with van der Waals surface area (Å²) in [5, 5.41) is 3.66. The molecule has 1 N–H and O–H groups in total. The molecule has 0 aromatic rings. The number of carbonyl (C=O) groups is 1. The van der Waals surface area contributed by atoms with Crippen LogP contribution in [0.25, 0.3) is 0 Å². The molecular formula is C16H28N2O. The van der Waals surface area contributed by atoms with Gasteiger partial charge in [-0.25, -0.2) is 0 Å². The van der Waals surface area contributed by atoms with Gasteiger partial charge in [0, 0.05) is 6.54 Å². The van der Waals surface area contributed by atoms with Crippen molar-refractivity contribution in [3.63, 3.8) is 0 Å². The molecule has 3 heteroatoms. The highest BCUT2D eigenvalue weighted by atomic mass is 16.2. The van der Waals surface area contributed by atoms with Gasteiger partial charge in [-0.1, -0.05) is 33.1 Å². The van der Waals surface area contributed by atoms with Gasteiger partial charge in [0.15, 0.2) is 0 Å². The van der Waals surface area contributed by atoms with E-state index in [2.05, 4.69) is 24.1 Å². The van der Waals surface area contributed by atoms with Crippen molar-refractivity contribution in [2.75, 3.05) is 6.54 Å². The van der Waals surface area contributed by atoms with E-state index in [9.17, 15) is 4.79 Å². The van der Waals surface area contributed by atoms with Crippen LogP contribution in [0, 0.1) is 17.8 Å². The van der Waals surface area contributed by atoms with Crippen molar-refractivity contribution in [3.8, 4) is 0 Å². The summed E-state index contributed by atoms with van der Waals surface area (Å²) in [7, 11) is 0. The Balaban J connectivity index is 1.69. The maximum absolute atomic E-state index is 12.6. The number of nitrogens with zero attached hydrogens (tertiary/aromatic N) is 1. The lowest BCUT2D eigenvalue weighted by Crippen LogP contribution is -2.43. The topological polar surface area (TPSA) is 32.3 Å². The molecule has 19 heavy (non-hydrogen) atoms. The van der Waals surface area contributed by atoms with Gasteiger partial charge < -0.3 is 4.90 Å². The predicted octanol–water partition coefficient (Wildman–Crippen LogP) is 2.76. The lowest BCUT2D eigenvalue weighted by molar-refractivity contribution is -0.131. The van der Waals surface area contributed by atoms with Crippen molar-refractivity contribution in [2.45, 2.75) is 71.0 Å². The highest BCUT2D eigenvalue weighted by molar-refractivity contribution is 5.84. The number of rotatable bonds is 5. The van der Waals surface area contributed by atoms with E-state index in [1.165, 1.54) is 32.1 Å². The van der Waals surface area contributed by atoms with Crippen molar-refractivity contribution in [3.05, 3.63) is 0 Å². The van der Waals surface area contributed by atoms with Crippen LogP contribution in [0.3, 0.4) is 0 Å². The first-order chi connectivity index (χ1) is 9.20. The predicted molar refractivity (Wildman–Crippen MR) is 76.6 cm³/mol. The second kappa shape index (κ2) is 5.43. The van der Waals surface area contributed by atoms with Crippen LogP contribution in [0.2, 0.25) is 0 Å². The molecule has 0 bridgehead atoms. The van der Waals surface area contributed by atoms with Crippen molar-refractivity contribution >= 4 is 5.91 Å². The van der Waals surface area contributed by atoms with Gasteiger partial charge in [0.05, 0.1) is 12.2 Å². The summed E-state index contributed by atoms with van der Waals surface area (Å²) < 4.78 is 0. The van der Waals surface area contributed by atoms with Crippen LogP contribution in [0.4, 0.5) is 0 Å². The Morgan fingerprint density at radius 2 is 2.00 bits per heavy atom. The summed E-state index contributed by atoms with van der Waals surface area (Å²) in [6.45, 7) is 5.49. The summed E-state index contributed by atoms with van der Waals surface area (Å²) in [4.78, 5) is 14.8. The van der Waals surface area contributed by atoms with Gasteiger partial charge in [-0.3, -0.25) is 10.1 Å². The van der Waals surface area contributed by atoms with Crippen molar-refractivity contribution in [1.29, 1.82) is 0 Å². The molecule has 3 nitrogen and oxygen atoms in total. The molecule has 0 spiro atoms. The molecule has 3 fully saturated rings. The highest BCUT2D eigenvalue weighted by Crippen LogP contribution is 2.41. The van der Waals surface area contributed by atoms with Gasteiger partial charge in [-0.2, -0.15) is 0 Å². The minimum absolute atomic E-state index is 0.102. The molecule has 1 heterocycles. The first-order valence-electron chi connectivity index (χ1n) is 8.27. The van der Waals surface area contributed by atoms with E-state index < -0.39 is 0 Å². The molecule has 3 aliphatic rings. The zero-order valence-corrected chi connectivity index (χ0v) is 12.4. The van der Waals surface area contributed by atoms with Crippen LogP contribution in [-0.2, 0) is 4.79 Å². The standard InChI is InChI=1S/C16H28N2O/c1-3-6-14-16(19)18(10-13-9-11(13)2)15(17-14)12-7-4-5-8-12/h11-15,17H,3-10H2,1-2H3. The van der Waals surface area contributed by atoms with Crippen LogP contribution in [0.15, 0.2) is 0 Å². The Kier molecular flexibility index (Phi) is 3.84. The van der Waals surface area contributed by atoms with Gasteiger partial charge >= 0.3 is 0 Å². The van der Waals surface area contributed by atoms with E-state index >= 15 is 0 Å². The summed E-state index contributed by atoms with van der Waals surface area (Å²) >= 11 is 0. The summed E-state index contributed by atoms with van der Waals surface area (Å²) in [5.41, 5.74) is 0. The Bertz CT molecular complexity index is 338. The first-order valence-corrected chi connectivity index (χ1v) is 8.27. The second-order valence-corrected chi connectivity index (χ2v) is 6.96. The third kappa shape index (κ3) is 2.67. The van der Waals surface area contributed by atoms with Crippen molar-refractivity contribution in [2.24, 2.45) is 17.8 Å². The van der Waals surface area contributed by atoms with E-state index in [0.717, 1.165) is 31.2 Å². The SMILES string of the molecule is CCCC1NC(C2CCCC2)N(CC2CC2C)C1=O. The molecule has 4 unspecified atom stereocenters. The molecule has 1 aliphatic heterocycles. The molecular weight excluding hydrogens is 236 g/mol. The van der Waals surface area contributed by atoms with Crippen molar-refractivity contribution < 1.29 is 4.79 Å². The van der Waals surface area contributed by atoms with E-state index in [-0.39, 0.29) is 6.04 Å². The van der Waals surface area contributed by atoms with Crippen LogP contribution in [-0.4, -0.2) is 29.6 Å². The minimum atomic E-state index is 0.102. The summed E-state index contributed by atoms with van der Waals surface area (Å²) in [6.07, 6.45) is 9.07. The van der Waals surface area contributed by atoms with Gasteiger partial charge in [-0.15, -0.1) is 0 Å². The maximum Gasteiger partial charge on any atom is 0.241 e. The molecule has 1 saturated heterocycles. The quantitative estimate of drug-likeness (QED) is 0.828. The van der Waals surface area contributed by atoms with Gasteiger partial charge in [0.2, 0.25) is 5.91 Å². The lowest BCUT2D eigenvalue weighted by atomic mass is 10.0. The second-order valence-electron chi connectivity index (χ2n) is 6.96. The van der Waals surface area contributed by atoms with Crippen molar-refractivity contribution in [1.82, 2.24) is 10.2 Å². The molecule has 3 rings (SSSR count). The van der Waals surface area contributed by atoms with E-state index in [4.69, 9.17) is 0 Å². The Morgan fingerprint density at radius 3 is 2.58 bits per heavy atom. The third-order valence-corrected chi connectivity index (χ3v) is 5.42. The van der Waals surface area contributed by atoms with E-state index in [0.29, 0.717) is 18.0 Å². The molecule has 0 aromatic heterocycles. The highest BCUT2D eigenvalue weighted by Gasteiger charge is 2.45. The number of carbonyl (C=O) groups excluding carboxylic acids is 1. The zero-order chi connectivity index (χ0) is 13.4. The number of hydrogen-bond donors (Lipinski definition) is 1. The minimum Gasteiger partial charge on any atom is -0.325 e. The molecule has 4 atom stereocenters. The Hall–Kier alpha value is -0.570. The van der Waals surface area contributed by atoms with E-state index in [1.807, 2.05) is 0 Å². The summed E-state index contributed by atoms with van der Waals surface area (Å²) in [6, 6.07) is 0.102. The molecule has 2 aliphatic carbocycles. The summed E-state index contributed by atoms with van der Waals surface area (Å²) in [5.74, 6) is 2.70. The fourth-order valence-electron chi connectivity index (χ4n) is 3.97.